The lowest BCUT2D eigenvalue weighted by Gasteiger charge is -2.29. The van der Waals surface area contributed by atoms with Crippen LogP contribution in [0.4, 0.5) is 4.79 Å². The second-order valence-electron chi connectivity index (χ2n) is 4.67. The third-order valence-electron chi connectivity index (χ3n) is 3.41. The van der Waals surface area contributed by atoms with Gasteiger partial charge < -0.3 is 28.9 Å². The van der Waals surface area contributed by atoms with E-state index in [0.717, 1.165) is 12.8 Å². The molecule has 1 aliphatic carbocycles. The lowest BCUT2D eigenvalue weighted by molar-refractivity contribution is -0.670. The van der Waals surface area contributed by atoms with Gasteiger partial charge in [0.25, 0.3) is 6.33 Å². The molecule has 0 aromatic carbocycles. The van der Waals surface area contributed by atoms with Crippen molar-refractivity contribution in [1.82, 2.24) is 9.47 Å². The number of nitrogens with zero attached hydrogens (tertiary/aromatic N) is 3. The zero-order valence-electron chi connectivity index (χ0n) is 10.5. The maximum atomic E-state index is 12.1. The lowest BCUT2D eigenvalue weighted by Crippen LogP contribution is -3.00. The van der Waals surface area contributed by atoms with Gasteiger partial charge in [0, 0.05) is 13.1 Å². The molecule has 0 atom stereocenters. The van der Waals surface area contributed by atoms with Gasteiger partial charge in [-0.05, 0) is 12.8 Å². The van der Waals surface area contributed by atoms with E-state index in [2.05, 4.69) is 0 Å². The van der Waals surface area contributed by atoms with Crippen LogP contribution >= 0.6 is 0 Å². The second kappa shape index (κ2) is 6.37. The molecule has 0 unspecified atom stereocenters. The van der Waals surface area contributed by atoms with Crippen LogP contribution in [0.1, 0.15) is 32.1 Å². The number of imidazole rings is 1. The van der Waals surface area contributed by atoms with E-state index in [-0.39, 0.29) is 30.0 Å². The average molecular weight is 349 g/mol. The molecule has 0 radical (unpaired) electrons. The molecule has 5 heteroatoms. The van der Waals surface area contributed by atoms with E-state index in [4.69, 9.17) is 0 Å². The molecule has 0 aliphatic heterocycles. The molecule has 2 rings (SSSR count). The van der Waals surface area contributed by atoms with Crippen molar-refractivity contribution in [3.8, 4) is 0 Å². The molecule has 0 N–H and O–H groups in total. The molecule has 17 heavy (non-hydrogen) atoms. The van der Waals surface area contributed by atoms with Crippen LogP contribution in [0.15, 0.2) is 18.7 Å². The summed E-state index contributed by atoms with van der Waals surface area (Å²) in [5.41, 5.74) is 0. The highest BCUT2D eigenvalue weighted by Crippen LogP contribution is 2.21. The summed E-state index contributed by atoms with van der Waals surface area (Å²) in [5.74, 6) is 0. The molecule has 1 heterocycles. The minimum atomic E-state index is 0. The number of hydrogen-bond acceptors (Lipinski definition) is 1. The van der Waals surface area contributed by atoms with Gasteiger partial charge in [-0.15, -0.1) is 0 Å². The van der Waals surface area contributed by atoms with Gasteiger partial charge in [-0.1, -0.05) is 19.3 Å². The number of aromatic nitrogens is 2. The third kappa shape index (κ3) is 3.43. The number of aryl methyl sites for hydroxylation is 1. The number of hydrogen-bond donors (Lipinski definition) is 0. The summed E-state index contributed by atoms with van der Waals surface area (Å²) < 4.78 is 3.53. The molecule has 0 saturated heterocycles. The van der Waals surface area contributed by atoms with Crippen LogP contribution < -0.4 is 28.5 Å². The maximum Gasteiger partial charge on any atom is 0.415 e. The first-order valence-electron chi connectivity index (χ1n) is 5.99. The molecular formula is C12H20IN3O. The lowest BCUT2D eigenvalue weighted by atomic mass is 9.95. The maximum absolute atomic E-state index is 12.1. The Morgan fingerprint density at radius 2 is 2.00 bits per heavy atom. The molecule has 1 amide bonds. The van der Waals surface area contributed by atoms with Crippen LogP contribution in [-0.2, 0) is 7.05 Å². The normalized spacial score (nSPS) is 16.4. The Balaban J connectivity index is 0.00000144. The summed E-state index contributed by atoms with van der Waals surface area (Å²) >= 11 is 0. The Labute approximate surface area is 120 Å². The van der Waals surface area contributed by atoms with E-state index in [9.17, 15) is 4.79 Å². The molecule has 1 aromatic rings. The van der Waals surface area contributed by atoms with Gasteiger partial charge in [0.15, 0.2) is 0 Å². The SMILES string of the molecule is CN(C(=O)n1cc[n+](C)c1)C1CCCCC1.[I-]. The van der Waals surface area contributed by atoms with E-state index in [1.54, 1.807) is 4.57 Å². The summed E-state index contributed by atoms with van der Waals surface area (Å²) in [6.45, 7) is 0. The van der Waals surface area contributed by atoms with Gasteiger partial charge in [-0.3, -0.25) is 0 Å². The zero-order valence-corrected chi connectivity index (χ0v) is 12.6. The van der Waals surface area contributed by atoms with Gasteiger partial charge in [-0.25, -0.2) is 9.36 Å². The first kappa shape index (κ1) is 14.5. The van der Waals surface area contributed by atoms with Crippen LogP contribution in [0.25, 0.3) is 0 Å². The third-order valence-corrected chi connectivity index (χ3v) is 3.41. The Bertz CT molecular complexity index is 372. The molecule has 1 aromatic heterocycles. The highest BCUT2D eigenvalue weighted by atomic mass is 127. The highest BCUT2D eigenvalue weighted by Gasteiger charge is 2.25. The van der Waals surface area contributed by atoms with Gasteiger partial charge in [0.05, 0.1) is 7.05 Å². The Morgan fingerprint density at radius 1 is 1.35 bits per heavy atom. The first-order chi connectivity index (χ1) is 7.68. The zero-order chi connectivity index (χ0) is 11.5. The van der Waals surface area contributed by atoms with E-state index in [1.165, 1.54) is 19.3 Å². The fourth-order valence-corrected chi connectivity index (χ4v) is 2.37. The van der Waals surface area contributed by atoms with Crippen LogP contribution in [0.2, 0.25) is 0 Å². The van der Waals surface area contributed by atoms with Crippen molar-refractivity contribution in [3.05, 3.63) is 18.7 Å². The van der Waals surface area contributed by atoms with Crippen LogP contribution in [-0.4, -0.2) is 28.6 Å². The standard InChI is InChI=1S/C12H20N3O.HI/c1-13-8-9-15(10-13)12(16)14(2)11-6-4-3-5-7-11;/h8-11H,3-7H2,1-2H3;1H/q+1;/p-1. The summed E-state index contributed by atoms with van der Waals surface area (Å²) in [5, 5.41) is 0. The molecule has 1 saturated carbocycles. The van der Waals surface area contributed by atoms with Crippen LogP contribution in [0.5, 0.6) is 0 Å². The monoisotopic (exact) mass is 349 g/mol. The average Bonchev–Trinajstić information content (AvgIpc) is 2.75. The van der Waals surface area contributed by atoms with E-state index < -0.39 is 0 Å². The Kier molecular flexibility index (Phi) is 5.42. The number of amides is 1. The number of carbonyl (C=O) groups excluding carboxylic acids is 1. The largest absolute Gasteiger partial charge is 1.00 e. The molecule has 1 aliphatic rings. The second-order valence-corrected chi connectivity index (χ2v) is 4.67. The number of halogens is 1. The van der Waals surface area contributed by atoms with Crippen molar-refractivity contribution < 1.29 is 33.3 Å². The smallest absolute Gasteiger partial charge is 0.415 e. The van der Waals surface area contributed by atoms with Crippen molar-refractivity contribution in [3.63, 3.8) is 0 Å². The Morgan fingerprint density at radius 3 is 2.53 bits per heavy atom. The van der Waals surface area contributed by atoms with Gasteiger partial charge in [0.1, 0.15) is 12.4 Å². The predicted octanol–water partition coefficient (Wildman–Crippen LogP) is -1.45. The first-order valence-corrected chi connectivity index (χ1v) is 5.99. The molecule has 96 valence electrons. The molecule has 1 fully saturated rings. The molecule has 0 spiro atoms. The fourth-order valence-electron chi connectivity index (χ4n) is 2.37. The molecule has 4 nitrogen and oxygen atoms in total. The van der Waals surface area contributed by atoms with E-state index >= 15 is 0 Å². The van der Waals surface area contributed by atoms with Crippen LogP contribution in [0.3, 0.4) is 0 Å². The quantitative estimate of drug-likeness (QED) is 0.451. The molecule has 0 bridgehead atoms. The number of carbonyl (C=O) groups is 1. The van der Waals surface area contributed by atoms with E-state index in [0.29, 0.717) is 6.04 Å². The van der Waals surface area contributed by atoms with Crippen molar-refractivity contribution >= 4 is 6.03 Å². The van der Waals surface area contributed by atoms with Crippen molar-refractivity contribution in [2.45, 2.75) is 38.1 Å². The summed E-state index contributed by atoms with van der Waals surface area (Å²) in [7, 11) is 3.84. The van der Waals surface area contributed by atoms with Crippen molar-refractivity contribution in [2.75, 3.05) is 7.05 Å². The summed E-state index contributed by atoms with van der Waals surface area (Å²) in [6, 6.07) is 0.501. The van der Waals surface area contributed by atoms with Crippen molar-refractivity contribution in [1.29, 1.82) is 0 Å². The highest BCUT2D eigenvalue weighted by molar-refractivity contribution is 5.76. The summed E-state index contributed by atoms with van der Waals surface area (Å²) in [6.07, 6.45) is 11.6. The van der Waals surface area contributed by atoms with Gasteiger partial charge in [-0.2, -0.15) is 4.57 Å². The van der Waals surface area contributed by atoms with E-state index in [1.807, 2.05) is 42.3 Å². The summed E-state index contributed by atoms with van der Waals surface area (Å²) in [4.78, 5) is 14.0. The van der Waals surface area contributed by atoms with Gasteiger partial charge in [0.2, 0.25) is 0 Å². The fraction of sp³-hybridized carbons (Fsp3) is 0.667. The topological polar surface area (TPSA) is 29.1 Å². The molecular weight excluding hydrogens is 329 g/mol. The van der Waals surface area contributed by atoms with Gasteiger partial charge >= 0.3 is 6.03 Å². The minimum Gasteiger partial charge on any atom is -1.00 e. The minimum absolute atomic E-state index is 0. The Hall–Kier alpha value is -0.590. The predicted molar refractivity (Wildman–Crippen MR) is 61.0 cm³/mol. The van der Waals surface area contributed by atoms with Crippen molar-refractivity contribution in [2.24, 2.45) is 7.05 Å². The number of rotatable bonds is 1. The van der Waals surface area contributed by atoms with Crippen LogP contribution in [0, 0.1) is 0 Å².